The molecule has 35 heavy (non-hydrogen) atoms. The van der Waals surface area contributed by atoms with Crippen LogP contribution in [0, 0.1) is 0 Å². The first-order chi connectivity index (χ1) is 17.2. The van der Waals surface area contributed by atoms with Gasteiger partial charge in [0.05, 0.1) is 0 Å². The van der Waals surface area contributed by atoms with E-state index in [4.69, 9.17) is 9.47 Å². The number of aryl methyl sites for hydroxylation is 2. The fourth-order valence-corrected chi connectivity index (χ4v) is 6.02. The van der Waals surface area contributed by atoms with Crippen LogP contribution in [0.1, 0.15) is 41.5 Å². The third kappa shape index (κ3) is 3.91. The van der Waals surface area contributed by atoms with Crippen molar-refractivity contribution in [2.75, 3.05) is 14.2 Å². The zero-order valence-electron chi connectivity index (χ0n) is 20.6. The Kier molecular flexibility index (Phi) is 5.80. The molecule has 0 bridgehead atoms. The van der Waals surface area contributed by atoms with E-state index in [9.17, 15) is 0 Å². The summed E-state index contributed by atoms with van der Waals surface area (Å²) in [5.41, 5.74) is 8.83. The second-order valence-corrected chi connectivity index (χ2v) is 9.84. The van der Waals surface area contributed by atoms with Crippen LogP contribution in [-0.2, 0) is 28.7 Å². The lowest BCUT2D eigenvalue weighted by atomic mass is 9.86. The molecule has 3 aliphatic carbocycles. The molecule has 7 rings (SSSR count). The van der Waals surface area contributed by atoms with Crippen molar-refractivity contribution in [2.24, 2.45) is 0 Å². The number of benzene rings is 4. The van der Waals surface area contributed by atoms with Gasteiger partial charge in [0.1, 0.15) is 0 Å². The van der Waals surface area contributed by atoms with Crippen LogP contribution in [0.3, 0.4) is 0 Å². The van der Waals surface area contributed by atoms with Crippen molar-refractivity contribution in [3.63, 3.8) is 0 Å². The molecular weight excluding hydrogens is 428 g/mol. The van der Waals surface area contributed by atoms with E-state index < -0.39 is 5.79 Å². The first-order valence-electron chi connectivity index (χ1n) is 12.7. The lowest BCUT2D eigenvalue weighted by molar-refractivity contribution is -0.152. The zero-order chi connectivity index (χ0) is 23.8. The van der Waals surface area contributed by atoms with Crippen molar-refractivity contribution in [1.29, 1.82) is 0 Å². The Bertz CT molecular complexity index is 1480. The fraction of sp³-hybridized carbons (Fsp3) is 0.273. The maximum absolute atomic E-state index is 5.64. The lowest BCUT2D eigenvalue weighted by Crippen LogP contribution is -2.41. The van der Waals surface area contributed by atoms with Crippen LogP contribution >= 0.6 is 0 Å². The summed E-state index contributed by atoms with van der Waals surface area (Å²) in [5, 5.41) is 5.27. The van der Waals surface area contributed by atoms with Crippen LogP contribution in [0.2, 0.25) is 0 Å². The summed E-state index contributed by atoms with van der Waals surface area (Å²) in [6.07, 6.45) is 11.3. The van der Waals surface area contributed by atoms with Gasteiger partial charge in [-0.05, 0) is 92.8 Å². The standard InChI is InChI=1S/C20H22O2.C13H10/c1-21-20(22-2)12-11-15-8-9-17-16-6-4-3-5-14(16)7-10-18(17)19(15)13-20;1-3-7-12-10(5-1)9-11-6-2-4-8-13(11)12/h7-11,13H,3-6,12H2,1-2H3;1-8H,9H2. The van der Waals surface area contributed by atoms with Crippen molar-refractivity contribution in [1.82, 2.24) is 0 Å². The molecule has 0 saturated heterocycles. The number of fused-ring (bicyclic) bond motifs is 8. The molecular formula is C33H32O2. The van der Waals surface area contributed by atoms with Crippen LogP contribution in [0.15, 0.2) is 72.8 Å². The Balaban J connectivity index is 0.000000149. The van der Waals surface area contributed by atoms with Gasteiger partial charge in [-0.15, -0.1) is 0 Å². The zero-order valence-corrected chi connectivity index (χ0v) is 20.6. The second kappa shape index (κ2) is 9.11. The molecule has 0 N–H and O–H groups in total. The smallest absolute Gasteiger partial charge is 0.191 e. The quantitative estimate of drug-likeness (QED) is 0.304. The van der Waals surface area contributed by atoms with E-state index in [2.05, 4.69) is 84.9 Å². The van der Waals surface area contributed by atoms with Gasteiger partial charge in [-0.1, -0.05) is 78.9 Å². The predicted molar refractivity (Wildman–Crippen MR) is 145 cm³/mol. The molecule has 176 valence electrons. The molecule has 3 aliphatic rings. The first kappa shape index (κ1) is 22.3. The minimum absolute atomic E-state index is 0.628. The fourth-order valence-electron chi connectivity index (χ4n) is 6.02. The molecule has 2 nitrogen and oxygen atoms in total. The van der Waals surface area contributed by atoms with Crippen molar-refractivity contribution in [3.05, 3.63) is 105 Å². The van der Waals surface area contributed by atoms with E-state index in [1.807, 2.05) is 0 Å². The molecule has 0 fully saturated rings. The third-order valence-corrected chi connectivity index (χ3v) is 7.98. The highest BCUT2D eigenvalue weighted by atomic mass is 16.7. The van der Waals surface area contributed by atoms with Gasteiger partial charge >= 0.3 is 0 Å². The first-order valence-corrected chi connectivity index (χ1v) is 12.7. The van der Waals surface area contributed by atoms with Crippen LogP contribution < -0.4 is 10.4 Å². The summed E-state index contributed by atoms with van der Waals surface area (Å²) in [7, 11) is 3.43. The number of hydrogen-bond acceptors (Lipinski definition) is 2. The molecule has 0 radical (unpaired) electrons. The predicted octanol–water partition coefficient (Wildman–Crippen LogP) is 5.93. The van der Waals surface area contributed by atoms with E-state index in [0.717, 1.165) is 12.8 Å². The highest BCUT2D eigenvalue weighted by Gasteiger charge is 2.27. The Hall–Kier alpha value is -3.20. The number of methoxy groups -OCH3 is 2. The van der Waals surface area contributed by atoms with Gasteiger partial charge < -0.3 is 9.47 Å². The maximum atomic E-state index is 5.64. The Morgan fingerprint density at radius 1 is 0.657 bits per heavy atom. The molecule has 0 aliphatic heterocycles. The molecule has 0 amide bonds. The second-order valence-electron chi connectivity index (χ2n) is 9.84. The summed E-state index contributed by atoms with van der Waals surface area (Å²) in [6, 6.07) is 26.5. The Labute approximate surface area is 207 Å². The van der Waals surface area contributed by atoms with Gasteiger partial charge in [-0.3, -0.25) is 0 Å². The molecule has 2 heteroatoms. The summed E-state index contributed by atoms with van der Waals surface area (Å²) in [4.78, 5) is 0. The van der Waals surface area contributed by atoms with Crippen molar-refractivity contribution in [2.45, 2.75) is 44.3 Å². The summed E-state index contributed by atoms with van der Waals surface area (Å²) >= 11 is 0. The van der Waals surface area contributed by atoms with Gasteiger partial charge in [0.2, 0.25) is 0 Å². The van der Waals surface area contributed by atoms with Gasteiger partial charge in [0, 0.05) is 20.6 Å². The van der Waals surface area contributed by atoms with E-state index in [1.54, 1.807) is 19.8 Å². The van der Waals surface area contributed by atoms with E-state index in [-0.39, 0.29) is 0 Å². The molecule has 0 saturated carbocycles. The van der Waals surface area contributed by atoms with Crippen molar-refractivity contribution < 1.29 is 9.47 Å². The highest BCUT2D eigenvalue weighted by molar-refractivity contribution is 5.88. The van der Waals surface area contributed by atoms with Crippen LogP contribution in [-0.4, -0.2) is 20.0 Å². The van der Waals surface area contributed by atoms with Gasteiger partial charge in [-0.25, -0.2) is 0 Å². The number of rotatable bonds is 2. The van der Waals surface area contributed by atoms with E-state index in [0.29, 0.717) is 0 Å². The highest BCUT2D eigenvalue weighted by Crippen LogP contribution is 2.35. The summed E-state index contributed by atoms with van der Waals surface area (Å²) in [5.74, 6) is -0.628. The molecule has 4 aromatic carbocycles. The number of hydrogen-bond donors (Lipinski definition) is 0. The lowest BCUT2D eigenvalue weighted by Gasteiger charge is -2.28. The van der Waals surface area contributed by atoms with Gasteiger partial charge in [0.15, 0.2) is 5.79 Å². The summed E-state index contributed by atoms with van der Waals surface area (Å²) in [6.45, 7) is 0. The molecule has 4 aromatic rings. The average Bonchev–Trinajstić information content (AvgIpc) is 3.31. The average molecular weight is 461 g/mol. The largest absolute Gasteiger partial charge is 0.349 e. The Morgan fingerprint density at radius 3 is 2.03 bits per heavy atom. The van der Waals surface area contributed by atoms with Crippen LogP contribution in [0.25, 0.3) is 34.1 Å². The molecule has 0 aromatic heterocycles. The van der Waals surface area contributed by atoms with Crippen molar-refractivity contribution >= 4 is 22.9 Å². The third-order valence-electron chi connectivity index (χ3n) is 7.98. The maximum Gasteiger partial charge on any atom is 0.191 e. The van der Waals surface area contributed by atoms with Crippen molar-refractivity contribution in [3.8, 4) is 11.1 Å². The normalized spacial score (nSPS) is 16.5. The molecule has 0 heterocycles. The van der Waals surface area contributed by atoms with Crippen LogP contribution in [0.5, 0.6) is 0 Å². The Morgan fingerprint density at radius 2 is 1.31 bits per heavy atom. The van der Waals surface area contributed by atoms with E-state index >= 15 is 0 Å². The summed E-state index contributed by atoms with van der Waals surface area (Å²) < 4.78 is 11.3. The van der Waals surface area contributed by atoms with Crippen LogP contribution in [0.4, 0.5) is 0 Å². The molecule has 0 spiro atoms. The van der Waals surface area contributed by atoms with E-state index in [1.165, 1.54) is 74.7 Å². The monoisotopic (exact) mass is 460 g/mol. The minimum Gasteiger partial charge on any atom is -0.349 e. The number of ether oxygens (including phenoxy) is 2. The van der Waals surface area contributed by atoms with Gasteiger partial charge in [-0.2, -0.15) is 0 Å². The molecule has 0 unspecified atom stereocenters. The van der Waals surface area contributed by atoms with Gasteiger partial charge in [0.25, 0.3) is 0 Å². The minimum atomic E-state index is -0.628. The molecule has 0 atom stereocenters. The topological polar surface area (TPSA) is 18.5 Å². The SMILES string of the molecule is COC1(OC)C=c2c(ccc3c4c(ccc23)CCCC4)=CC1.c1ccc2c(c1)Cc1ccccc1-2.